The Morgan fingerprint density at radius 1 is 1.48 bits per heavy atom. The summed E-state index contributed by atoms with van der Waals surface area (Å²) in [7, 11) is 0. The van der Waals surface area contributed by atoms with E-state index in [1.807, 2.05) is 0 Å². The molecule has 0 amide bonds. The van der Waals surface area contributed by atoms with Crippen molar-refractivity contribution in [1.29, 1.82) is 0 Å². The zero-order valence-corrected chi connectivity index (χ0v) is 12.9. The Kier molecular flexibility index (Phi) is 5.19. The van der Waals surface area contributed by atoms with Crippen LogP contribution in [0.4, 0.5) is 5.69 Å². The second kappa shape index (κ2) is 6.73. The summed E-state index contributed by atoms with van der Waals surface area (Å²) in [6.07, 6.45) is 3.71. The lowest BCUT2D eigenvalue weighted by Crippen LogP contribution is -2.43. The minimum Gasteiger partial charge on any atom is -0.389 e. The summed E-state index contributed by atoms with van der Waals surface area (Å²) in [5.41, 5.74) is 0.0604. The molecule has 0 spiro atoms. The molecule has 116 valence electrons. The molecule has 1 fully saturated rings. The number of hydrogen-bond acceptors (Lipinski definition) is 4. The lowest BCUT2D eigenvalue weighted by Gasteiger charge is -2.35. The molecular weight excluding hydrogens is 292 g/mol. The van der Waals surface area contributed by atoms with E-state index in [2.05, 4.69) is 12.2 Å². The van der Waals surface area contributed by atoms with Crippen LogP contribution < -0.4 is 5.32 Å². The number of nitro groups is 1. The Morgan fingerprint density at radius 2 is 2.14 bits per heavy atom. The summed E-state index contributed by atoms with van der Waals surface area (Å²) in [5, 5.41) is 24.6. The van der Waals surface area contributed by atoms with Crippen LogP contribution in [0.1, 0.15) is 38.2 Å². The number of benzene rings is 1. The number of nitrogens with zero attached hydrogens (tertiary/aromatic N) is 1. The third-order valence-electron chi connectivity index (χ3n) is 4.20. The van der Waals surface area contributed by atoms with Crippen molar-refractivity contribution in [2.75, 3.05) is 6.54 Å². The maximum Gasteiger partial charge on any atom is 0.288 e. The van der Waals surface area contributed by atoms with E-state index in [1.54, 1.807) is 6.07 Å². The summed E-state index contributed by atoms with van der Waals surface area (Å²) < 4.78 is 0. The van der Waals surface area contributed by atoms with Gasteiger partial charge in [0.1, 0.15) is 5.02 Å². The largest absolute Gasteiger partial charge is 0.389 e. The second-order valence-electron chi connectivity index (χ2n) is 6.05. The Hall–Kier alpha value is -1.17. The Balaban J connectivity index is 1.89. The first kappa shape index (κ1) is 16.2. The number of nitro benzene ring substituents is 1. The fourth-order valence-corrected chi connectivity index (χ4v) is 2.91. The van der Waals surface area contributed by atoms with E-state index < -0.39 is 10.5 Å². The Morgan fingerprint density at radius 3 is 2.76 bits per heavy atom. The number of hydrogen-bond donors (Lipinski definition) is 2. The Bertz CT molecular complexity index is 514. The summed E-state index contributed by atoms with van der Waals surface area (Å²) in [6, 6.07) is 4.77. The van der Waals surface area contributed by atoms with Crippen LogP contribution >= 0.6 is 11.6 Å². The first-order valence-corrected chi connectivity index (χ1v) is 7.63. The highest BCUT2D eigenvalue weighted by Crippen LogP contribution is 2.31. The van der Waals surface area contributed by atoms with Gasteiger partial charge < -0.3 is 10.4 Å². The van der Waals surface area contributed by atoms with Crippen molar-refractivity contribution in [3.8, 4) is 0 Å². The fourth-order valence-electron chi connectivity index (χ4n) is 2.72. The first-order chi connectivity index (χ1) is 9.89. The zero-order valence-electron chi connectivity index (χ0n) is 12.1. The van der Waals surface area contributed by atoms with Crippen LogP contribution in [0.2, 0.25) is 5.02 Å². The molecule has 0 unspecified atom stereocenters. The van der Waals surface area contributed by atoms with E-state index in [-0.39, 0.29) is 10.7 Å². The van der Waals surface area contributed by atoms with Crippen molar-refractivity contribution in [2.45, 2.75) is 44.8 Å². The maximum absolute atomic E-state index is 10.8. The number of nitrogens with one attached hydrogen (secondary N) is 1. The first-order valence-electron chi connectivity index (χ1n) is 7.25. The van der Waals surface area contributed by atoms with Crippen molar-refractivity contribution < 1.29 is 10.0 Å². The van der Waals surface area contributed by atoms with E-state index in [0.717, 1.165) is 31.2 Å². The summed E-state index contributed by atoms with van der Waals surface area (Å²) >= 11 is 5.78. The van der Waals surface area contributed by atoms with Crippen molar-refractivity contribution >= 4 is 17.3 Å². The average Bonchev–Trinajstić information content (AvgIpc) is 2.44. The zero-order chi connectivity index (χ0) is 15.5. The molecular formula is C15H21ClN2O3. The molecule has 0 aromatic heterocycles. The van der Waals surface area contributed by atoms with Crippen LogP contribution in [-0.4, -0.2) is 22.2 Å². The van der Waals surface area contributed by atoms with Crippen LogP contribution in [0.5, 0.6) is 0 Å². The van der Waals surface area contributed by atoms with Crippen molar-refractivity contribution in [2.24, 2.45) is 5.92 Å². The normalized spacial score (nSPS) is 25.8. The molecule has 0 aliphatic heterocycles. The second-order valence-corrected chi connectivity index (χ2v) is 6.46. The SMILES string of the molecule is CC1CCC(O)(CNCc2ccc(Cl)c([N+](=O)[O-])c2)CC1. The molecule has 2 rings (SSSR count). The number of halogens is 1. The topological polar surface area (TPSA) is 75.4 Å². The molecule has 1 aliphatic carbocycles. The molecule has 0 bridgehead atoms. The van der Waals surface area contributed by atoms with Gasteiger partial charge in [0.05, 0.1) is 10.5 Å². The van der Waals surface area contributed by atoms with Crippen LogP contribution in [0.15, 0.2) is 18.2 Å². The standard InChI is InChI=1S/C15H21ClN2O3/c1-11-4-6-15(19,7-5-11)10-17-9-12-2-3-13(16)14(8-12)18(20)21/h2-3,8,11,17,19H,4-7,9-10H2,1H3. The molecule has 0 atom stereocenters. The van der Waals surface area contributed by atoms with Gasteiger partial charge in [-0.15, -0.1) is 0 Å². The monoisotopic (exact) mass is 312 g/mol. The summed E-state index contributed by atoms with van der Waals surface area (Å²) in [5.74, 6) is 0.684. The van der Waals surface area contributed by atoms with E-state index in [0.29, 0.717) is 19.0 Å². The lowest BCUT2D eigenvalue weighted by molar-refractivity contribution is -0.384. The minimum absolute atomic E-state index is 0.0823. The maximum atomic E-state index is 10.8. The van der Waals surface area contributed by atoms with Gasteiger partial charge in [0.15, 0.2) is 0 Å². The van der Waals surface area contributed by atoms with E-state index in [9.17, 15) is 15.2 Å². The average molecular weight is 313 g/mol. The molecule has 0 radical (unpaired) electrons. The minimum atomic E-state index is -0.648. The van der Waals surface area contributed by atoms with Crippen LogP contribution in [0, 0.1) is 16.0 Å². The molecule has 0 heterocycles. The molecule has 21 heavy (non-hydrogen) atoms. The van der Waals surface area contributed by atoms with Crippen LogP contribution in [-0.2, 0) is 6.54 Å². The molecule has 1 saturated carbocycles. The molecule has 1 aromatic rings. The molecule has 0 saturated heterocycles. The molecule has 1 aliphatic rings. The quantitative estimate of drug-likeness (QED) is 0.646. The smallest absolute Gasteiger partial charge is 0.288 e. The van der Waals surface area contributed by atoms with Gasteiger partial charge in [0.25, 0.3) is 5.69 Å². The third-order valence-corrected chi connectivity index (χ3v) is 4.52. The van der Waals surface area contributed by atoms with Gasteiger partial charge in [0.2, 0.25) is 0 Å². The van der Waals surface area contributed by atoms with Gasteiger partial charge in [-0.1, -0.05) is 24.6 Å². The van der Waals surface area contributed by atoms with Crippen molar-refractivity contribution in [3.63, 3.8) is 0 Å². The predicted octanol–water partition coefficient (Wildman–Crippen LogP) is 3.28. The molecule has 2 N–H and O–H groups in total. The van der Waals surface area contributed by atoms with Gasteiger partial charge in [-0.3, -0.25) is 10.1 Å². The predicted molar refractivity (Wildman–Crippen MR) is 82.4 cm³/mol. The Labute approximate surface area is 129 Å². The summed E-state index contributed by atoms with van der Waals surface area (Å²) in [4.78, 5) is 10.4. The van der Waals surface area contributed by atoms with E-state index in [4.69, 9.17) is 11.6 Å². The van der Waals surface area contributed by atoms with Crippen molar-refractivity contribution in [1.82, 2.24) is 5.32 Å². The lowest BCUT2D eigenvalue weighted by atomic mass is 9.79. The molecule has 5 nitrogen and oxygen atoms in total. The number of rotatable bonds is 5. The highest BCUT2D eigenvalue weighted by atomic mass is 35.5. The van der Waals surface area contributed by atoms with E-state index >= 15 is 0 Å². The van der Waals surface area contributed by atoms with Gasteiger partial charge in [-0.2, -0.15) is 0 Å². The van der Waals surface area contributed by atoms with Gasteiger partial charge in [0, 0.05) is 19.2 Å². The molecule has 1 aromatic carbocycles. The van der Waals surface area contributed by atoms with Crippen LogP contribution in [0.25, 0.3) is 0 Å². The number of aliphatic hydroxyl groups is 1. The van der Waals surface area contributed by atoms with Crippen LogP contribution in [0.3, 0.4) is 0 Å². The fraction of sp³-hybridized carbons (Fsp3) is 0.600. The van der Waals surface area contributed by atoms with Gasteiger partial charge >= 0.3 is 0 Å². The summed E-state index contributed by atoms with van der Waals surface area (Å²) in [6.45, 7) is 3.20. The molecule has 6 heteroatoms. The van der Waals surface area contributed by atoms with E-state index in [1.165, 1.54) is 12.1 Å². The third kappa shape index (κ3) is 4.40. The highest BCUT2D eigenvalue weighted by Gasteiger charge is 2.31. The van der Waals surface area contributed by atoms with Crippen molar-refractivity contribution in [3.05, 3.63) is 38.9 Å². The highest BCUT2D eigenvalue weighted by molar-refractivity contribution is 6.32. The van der Waals surface area contributed by atoms with Gasteiger partial charge in [-0.25, -0.2) is 0 Å². The van der Waals surface area contributed by atoms with Gasteiger partial charge in [-0.05, 0) is 43.2 Å².